The van der Waals surface area contributed by atoms with Gasteiger partial charge in [-0.25, -0.2) is 0 Å². The Hall–Kier alpha value is -2.10. The van der Waals surface area contributed by atoms with Gasteiger partial charge in [-0.1, -0.05) is 11.6 Å². The van der Waals surface area contributed by atoms with Crippen LogP contribution in [0.2, 0.25) is 10.3 Å². The summed E-state index contributed by atoms with van der Waals surface area (Å²) in [5.41, 5.74) is 0.948. The summed E-state index contributed by atoms with van der Waals surface area (Å²) in [4.78, 5) is 11.6. The van der Waals surface area contributed by atoms with Crippen molar-refractivity contribution in [1.82, 2.24) is 15.0 Å². The van der Waals surface area contributed by atoms with E-state index in [-0.39, 0.29) is 17.2 Å². The Bertz CT molecular complexity index is 656. The fourth-order valence-electron chi connectivity index (χ4n) is 1.29. The van der Waals surface area contributed by atoms with Gasteiger partial charge in [-0.3, -0.25) is 0 Å². The predicted octanol–water partition coefficient (Wildman–Crippen LogP) is 2.80. The standard InChI is InChI=1S/C11H7Cl2N5O/c1-19-11-17-9(13)16-10(18-11)15-8-4-6(5-14)2-3-7(8)12/h2-4H,1H3,(H,15,16,17,18). The zero-order valence-electron chi connectivity index (χ0n) is 9.69. The maximum atomic E-state index is 8.84. The minimum Gasteiger partial charge on any atom is -0.467 e. The number of methoxy groups -OCH3 is 1. The summed E-state index contributed by atoms with van der Waals surface area (Å²) in [6.45, 7) is 0. The number of rotatable bonds is 3. The molecule has 0 aliphatic heterocycles. The molecule has 0 saturated carbocycles. The molecule has 0 radical (unpaired) electrons. The molecular weight excluding hydrogens is 289 g/mol. The molecule has 0 aliphatic rings. The molecule has 0 amide bonds. The van der Waals surface area contributed by atoms with Crippen LogP contribution in [0.25, 0.3) is 0 Å². The maximum absolute atomic E-state index is 8.84. The minimum absolute atomic E-state index is 0.0121. The lowest BCUT2D eigenvalue weighted by Gasteiger charge is -2.08. The minimum atomic E-state index is -0.0121. The Kier molecular flexibility index (Phi) is 4.00. The molecule has 1 N–H and O–H groups in total. The molecule has 1 aromatic heterocycles. The normalized spacial score (nSPS) is 9.79. The molecule has 2 aromatic rings. The largest absolute Gasteiger partial charge is 0.467 e. The number of anilines is 2. The van der Waals surface area contributed by atoms with Crippen molar-refractivity contribution < 1.29 is 4.74 Å². The van der Waals surface area contributed by atoms with Crippen LogP contribution in [0.15, 0.2) is 18.2 Å². The molecule has 0 unspecified atom stereocenters. The van der Waals surface area contributed by atoms with Gasteiger partial charge < -0.3 is 10.1 Å². The van der Waals surface area contributed by atoms with Gasteiger partial charge in [0, 0.05) is 0 Å². The fraction of sp³-hybridized carbons (Fsp3) is 0.0909. The van der Waals surface area contributed by atoms with Gasteiger partial charge in [0.25, 0.3) is 0 Å². The molecule has 0 atom stereocenters. The lowest BCUT2D eigenvalue weighted by atomic mass is 10.2. The predicted molar refractivity (Wildman–Crippen MR) is 70.8 cm³/mol. The van der Waals surface area contributed by atoms with E-state index in [9.17, 15) is 0 Å². The van der Waals surface area contributed by atoms with E-state index in [1.807, 2.05) is 6.07 Å². The highest BCUT2D eigenvalue weighted by molar-refractivity contribution is 6.33. The number of hydrogen-bond donors (Lipinski definition) is 1. The van der Waals surface area contributed by atoms with Crippen LogP contribution in [0.4, 0.5) is 11.6 Å². The van der Waals surface area contributed by atoms with Gasteiger partial charge in [-0.15, -0.1) is 0 Å². The molecule has 96 valence electrons. The number of halogens is 2. The number of ether oxygens (including phenoxy) is 1. The van der Waals surface area contributed by atoms with Crippen LogP contribution < -0.4 is 10.1 Å². The molecule has 19 heavy (non-hydrogen) atoms. The summed E-state index contributed by atoms with van der Waals surface area (Å²) >= 11 is 11.7. The second-order valence-corrected chi connectivity index (χ2v) is 4.09. The number of aromatic nitrogens is 3. The number of hydrogen-bond acceptors (Lipinski definition) is 6. The number of nitrogens with one attached hydrogen (secondary N) is 1. The quantitative estimate of drug-likeness (QED) is 0.937. The summed E-state index contributed by atoms with van der Waals surface area (Å²) in [5, 5.41) is 12.1. The molecule has 1 aromatic carbocycles. The van der Waals surface area contributed by atoms with Crippen molar-refractivity contribution in [3.63, 3.8) is 0 Å². The van der Waals surface area contributed by atoms with Gasteiger partial charge in [0.05, 0.1) is 29.5 Å². The molecule has 8 heteroatoms. The third kappa shape index (κ3) is 3.22. The molecule has 0 aliphatic carbocycles. The van der Waals surface area contributed by atoms with Crippen molar-refractivity contribution in [2.24, 2.45) is 0 Å². The Morgan fingerprint density at radius 1 is 1.26 bits per heavy atom. The zero-order chi connectivity index (χ0) is 13.8. The van der Waals surface area contributed by atoms with E-state index in [0.717, 1.165) is 0 Å². The Balaban J connectivity index is 2.36. The van der Waals surface area contributed by atoms with Crippen LogP contribution in [0.3, 0.4) is 0 Å². The Morgan fingerprint density at radius 2 is 2.05 bits per heavy atom. The Labute approximate surface area is 119 Å². The first-order valence-corrected chi connectivity index (χ1v) is 5.80. The lowest BCUT2D eigenvalue weighted by molar-refractivity contribution is 0.379. The molecule has 0 bridgehead atoms. The topological polar surface area (TPSA) is 83.7 Å². The van der Waals surface area contributed by atoms with E-state index in [2.05, 4.69) is 20.3 Å². The van der Waals surface area contributed by atoms with Crippen LogP contribution in [0, 0.1) is 11.3 Å². The van der Waals surface area contributed by atoms with Crippen molar-refractivity contribution in [3.8, 4) is 12.1 Å². The van der Waals surface area contributed by atoms with Gasteiger partial charge in [0.15, 0.2) is 0 Å². The second kappa shape index (κ2) is 5.69. The molecule has 0 fully saturated rings. The summed E-state index contributed by atoms with van der Waals surface area (Å²) in [5.74, 6) is 0.175. The highest BCUT2D eigenvalue weighted by atomic mass is 35.5. The van der Waals surface area contributed by atoms with E-state index in [4.69, 9.17) is 33.2 Å². The van der Waals surface area contributed by atoms with Crippen molar-refractivity contribution in [3.05, 3.63) is 34.1 Å². The van der Waals surface area contributed by atoms with Crippen LogP contribution in [0.1, 0.15) is 5.56 Å². The first-order chi connectivity index (χ1) is 9.12. The molecule has 1 heterocycles. The first-order valence-electron chi connectivity index (χ1n) is 5.04. The van der Waals surface area contributed by atoms with Crippen molar-refractivity contribution in [2.45, 2.75) is 0 Å². The third-order valence-corrected chi connectivity index (χ3v) is 2.61. The van der Waals surface area contributed by atoms with E-state index >= 15 is 0 Å². The first kappa shape index (κ1) is 13.3. The van der Waals surface area contributed by atoms with Crippen molar-refractivity contribution in [2.75, 3.05) is 12.4 Å². The Morgan fingerprint density at radius 3 is 2.74 bits per heavy atom. The van der Waals surface area contributed by atoms with Gasteiger partial charge in [-0.05, 0) is 29.8 Å². The lowest BCUT2D eigenvalue weighted by Crippen LogP contribution is -2.02. The average Bonchev–Trinajstić information content (AvgIpc) is 2.40. The number of nitrogens with zero attached hydrogens (tertiary/aromatic N) is 4. The highest BCUT2D eigenvalue weighted by Gasteiger charge is 2.08. The van der Waals surface area contributed by atoms with Crippen molar-refractivity contribution in [1.29, 1.82) is 5.26 Å². The van der Waals surface area contributed by atoms with Crippen molar-refractivity contribution >= 4 is 34.8 Å². The SMILES string of the molecule is COc1nc(Cl)nc(Nc2cc(C#N)ccc2Cl)n1. The van der Waals surface area contributed by atoms with E-state index in [1.165, 1.54) is 7.11 Å². The summed E-state index contributed by atoms with van der Waals surface area (Å²) in [7, 11) is 1.42. The van der Waals surface area contributed by atoms with Crippen LogP contribution in [-0.4, -0.2) is 22.1 Å². The molecule has 2 rings (SSSR count). The van der Waals surface area contributed by atoms with E-state index in [1.54, 1.807) is 18.2 Å². The monoisotopic (exact) mass is 295 g/mol. The second-order valence-electron chi connectivity index (χ2n) is 3.35. The maximum Gasteiger partial charge on any atom is 0.322 e. The van der Waals surface area contributed by atoms with Crippen LogP contribution in [-0.2, 0) is 0 Å². The molecule has 0 spiro atoms. The van der Waals surface area contributed by atoms with Crippen LogP contribution >= 0.6 is 23.2 Å². The van der Waals surface area contributed by atoms with E-state index < -0.39 is 0 Å². The summed E-state index contributed by atoms with van der Waals surface area (Å²) in [6, 6.07) is 6.87. The van der Waals surface area contributed by atoms with Gasteiger partial charge >= 0.3 is 6.01 Å². The number of nitriles is 1. The fourth-order valence-corrected chi connectivity index (χ4v) is 1.61. The van der Waals surface area contributed by atoms with Gasteiger partial charge in [0.2, 0.25) is 11.2 Å². The van der Waals surface area contributed by atoms with E-state index in [0.29, 0.717) is 16.3 Å². The average molecular weight is 296 g/mol. The third-order valence-electron chi connectivity index (χ3n) is 2.11. The molecular formula is C11H7Cl2N5O. The zero-order valence-corrected chi connectivity index (χ0v) is 11.2. The smallest absolute Gasteiger partial charge is 0.322 e. The molecule has 0 saturated heterocycles. The van der Waals surface area contributed by atoms with Gasteiger partial charge in [-0.2, -0.15) is 20.2 Å². The van der Waals surface area contributed by atoms with Crippen LogP contribution in [0.5, 0.6) is 6.01 Å². The molecule has 6 nitrogen and oxygen atoms in total. The summed E-state index contributed by atoms with van der Waals surface area (Å²) in [6.07, 6.45) is 0. The summed E-state index contributed by atoms with van der Waals surface area (Å²) < 4.78 is 4.88. The highest BCUT2D eigenvalue weighted by Crippen LogP contribution is 2.25. The van der Waals surface area contributed by atoms with Gasteiger partial charge in [0.1, 0.15) is 0 Å². The number of benzene rings is 1.